The van der Waals surface area contributed by atoms with Gasteiger partial charge in [-0.2, -0.15) is 0 Å². The quantitative estimate of drug-likeness (QED) is 0.440. The number of nitro benzene ring substituents is 1. The monoisotopic (exact) mass is 467 g/mol. The molecule has 2 aromatic carbocycles. The normalized spacial score (nSPS) is 13.7. The van der Waals surface area contributed by atoms with Crippen molar-refractivity contribution in [3.63, 3.8) is 0 Å². The second-order valence-electron chi connectivity index (χ2n) is 8.94. The van der Waals surface area contributed by atoms with Crippen LogP contribution in [-0.4, -0.2) is 26.0 Å². The van der Waals surface area contributed by atoms with Gasteiger partial charge in [-0.25, -0.2) is 12.8 Å². The van der Waals surface area contributed by atoms with Gasteiger partial charge in [-0.3, -0.25) is 10.1 Å². The van der Waals surface area contributed by atoms with Gasteiger partial charge in [0.25, 0.3) is 15.7 Å². The molecule has 2 aromatic rings. The van der Waals surface area contributed by atoms with Gasteiger partial charge in [0.05, 0.1) is 22.5 Å². The third kappa shape index (κ3) is 7.41. The Morgan fingerprint density at radius 1 is 1.03 bits per heavy atom. The Labute approximate surface area is 186 Å². The summed E-state index contributed by atoms with van der Waals surface area (Å²) < 4.78 is 38.8. The number of sulfonamides is 1. The van der Waals surface area contributed by atoms with Gasteiger partial charge in [0.2, 0.25) is 0 Å². The van der Waals surface area contributed by atoms with Crippen LogP contribution >= 0.6 is 0 Å². The first-order valence-electron chi connectivity index (χ1n) is 9.61. The van der Waals surface area contributed by atoms with Crippen molar-refractivity contribution in [2.24, 2.45) is 9.78 Å². The van der Waals surface area contributed by atoms with Crippen LogP contribution in [0, 0.1) is 15.5 Å². The van der Waals surface area contributed by atoms with E-state index >= 15 is 0 Å². The average molecular weight is 468 g/mol. The molecule has 0 aromatic heterocycles. The van der Waals surface area contributed by atoms with E-state index in [2.05, 4.69) is 24.9 Å². The number of nitro groups is 1. The maximum atomic E-state index is 13.0. The number of nitrogens with zero attached hydrogens (tertiary/aromatic N) is 2. The van der Waals surface area contributed by atoms with Gasteiger partial charge in [-0.15, -0.1) is 4.13 Å². The minimum Gasteiger partial charge on any atom is -0.497 e. The first kappa shape index (κ1) is 25.0. The van der Waals surface area contributed by atoms with Gasteiger partial charge < -0.3 is 4.74 Å². The fraction of sp³-hybridized carbons (Fsp3) is 0.429. The minimum absolute atomic E-state index is 0.000815. The number of methoxy groups -OCH3 is 1. The van der Waals surface area contributed by atoms with E-state index in [0.717, 1.165) is 6.42 Å². The molecular weight excluding hydrogens is 438 g/mol. The van der Waals surface area contributed by atoms with Crippen LogP contribution in [0.5, 0.6) is 5.75 Å². The van der Waals surface area contributed by atoms with E-state index in [1.54, 1.807) is 31.4 Å². The summed E-state index contributed by atoms with van der Waals surface area (Å²) in [6, 6.07) is 11.8. The molecule has 10 heteroatoms. The highest BCUT2D eigenvalue weighted by Gasteiger charge is 2.27. The lowest BCUT2D eigenvalue weighted by Gasteiger charge is -2.30. The summed E-state index contributed by atoms with van der Waals surface area (Å²) in [6.45, 7) is 10.3. The third-order valence-electron chi connectivity index (χ3n) is 4.13. The Bertz CT molecular complexity index is 1060. The van der Waals surface area contributed by atoms with Gasteiger partial charge in [-0.1, -0.05) is 20.8 Å². The van der Waals surface area contributed by atoms with E-state index in [9.17, 15) is 18.5 Å². The van der Waals surface area contributed by atoms with Crippen LogP contribution in [0.3, 0.4) is 0 Å². The van der Waals surface area contributed by atoms with E-state index in [1.165, 1.54) is 24.3 Å². The lowest BCUT2D eigenvalue weighted by Crippen LogP contribution is -2.31. The predicted molar refractivity (Wildman–Crippen MR) is 123 cm³/mol. The molecule has 0 amide bonds. The summed E-state index contributed by atoms with van der Waals surface area (Å²) in [7, 11) is -3.60. The second kappa shape index (κ2) is 9.46. The second-order valence-corrected chi connectivity index (χ2v) is 12.3. The lowest BCUT2D eigenvalue weighted by molar-refractivity contribution is -0.384. The Morgan fingerprint density at radius 2 is 1.58 bits per heavy atom. The van der Waals surface area contributed by atoms with Gasteiger partial charge >= 0.3 is 0 Å². The van der Waals surface area contributed by atoms with Crippen LogP contribution in [-0.2, 0) is 20.9 Å². The highest BCUT2D eigenvalue weighted by Crippen LogP contribution is 2.31. The molecular formula is C21H29N3O5S2. The van der Waals surface area contributed by atoms with Crippen molar-refractivity contribution in [3.05, 3.63) is 58.6 Å². The molecule has 0 bridgehead atoms. The van der Waals surface area contributed by atoms with E-state index < -0.39 is 31.4 Å². The zero-order valence-electron chi connectivity index (χ0n) is 18.6. The topological polar surface area (TPSA) is 111 Å². The lowest BCUT2D eigenvalue weighted by atomic mass is 9.82. The molecule has 2 rings (SSSR count). The summed E-state index contributed by atoms with van der Waals surface area (Å²) in [5.74, 6) is 0.652. The molecule has 0 spiro atoms. The maximum Gasteiger partial charge on any atom is 0.269 e. The summed E-state index contributed by atoms with van der Waals surface area (Å²) in [5.41, 5.74) is -0.678. The summed E-state index contributed by atoms with van der Waals surface area (Å²) in [6.07, 6.45) is 0.749. The van der Waals surface area contributed by atoms with Crippen LogP contribution < -0.4 is 8.86 Å². The first-order chi connectivity index (χ1) is 14.2. The van der Waals surface area contributed by atoms with E-state index in [1.807, 2.05) is 13.8 Å². The molecule has 31 heavy (non-hydrogen) atoms. The van der Waals surface area contributed by atoms with E-state index in [-0.39, 0.29) is 16.0 Å². The summed E-state index contributed by atoms with van der Waals surface area (Å²) >= 11 is 0. The number of nitrogens with one attached hydrogen (secondary N) is 1. The zero-order chi connectivity index (χ0) is 23.4. The number of benzene rings is 2. The number of rotatable bonds is 8. The number of hydrogen-bond acceptors (Lipinski definition) is 6. The molecule has 0 aliphatic carbocycles. The fourth-order valence-corrected chi connectivity index (χ4v) is 6.60. The molecule has 170 valence electrons. The predicted octanol–water partition coefficient (Wildman–Crippen LogP) is 4.87. The molecule has 0 aliphatic heterocycles. The van der Waals surface area contributed by atoms with E-state index in [0.29, 0.717) is 10.6 Å². The molecule has 1 atom stereocenters. The standard InChI is InChI=1S/C21H29N3O5S2/c1-20(2,3)15-21(4,5)22-30(18-11-9-17(29-6)10-12-18)23-31(27,28)19-13-7-16(8-14-19)24(25)26/h7-14H,15H2,1-6H3,(H,22,23). The Kier molecular flexibility index (Phi) is 7.61. The molecule has 0 heterocycles. The van der Waals surface area contributed by atoms with Crippen LogP contribution in [0.15, 0.2) is 62.7 Å². The van der Waals surface area contributed by atoms with Crippen molar-refractivity contribution in [3.8, 4) is 5.75 Å². The molecule has 0 radical (unpaired) electrons. The fourth-order valence-electron chi connectivity index (χ4n) is 3.30. The summed E-state index contributed by atoms with van der Waals surface area (Å²) in [4.78, 5) is 10.9. The molecule has 1 unspecified atom stereocenters. The van der Waals surface area contributed by atoms with Crippen LogP contribution in [0.4, 0.5) is 5.69 Å². The number of non-ortho nitro benzene ring substituents is 1. The van der Waals surface area contributed by atoms with Crippen molar-refractivity contribution in [1.29, 1.82) is 0 Å². The Hall–Kier alpha value is -2.30. The van der Waals surface area contributed by atoms with Crippen molar-refractivity contribution in [2.45, 2.75) is 56.4 Å². The molecule has 0 aliphatic rings. The minimum atomic E-state index is -3.97. The molecule has 1 N–H and O–H groups in total. The van der Waals surface area contributed by atoms with Crippen molar-refractivity contribution >= 4 is 26.6 Å². The number of ether oxygens (including phenoxy) is 1. The van der Waals surface area contributed by atoms with Crippen molar-refractivity contribution in [2.75, 3.05) is 7.11 Å². The Balaban J connectivity index is 2.48. The van der Waals surface area contributed by atoms with Crippen LogP contribution in [0.2, 0.25) is 0 Å². The Morgan fingerprint density at radius 3 is 2.03 bits per heavy atom. The number of hydrogen-bond donors (Lipinski definition) is 1. The van der Waals surface area contributed by atoms with Crippen LogP contribution in [0.1, 0.15) is 41.0 Å². The van der Waals surface area contributed by atoms with Gasteiger partial charge in [0.1, 0.15) is 5.75 Å². The van der Waals surface area contributed by atoms with Gasteiger partial charge in [-0.05, 0) is 62.1 Å². The van der Waals surface area contributed by atoms with Gasteiger partial charge in [0, 0.05) is 27.9 Å². The van der Waals surface area contributed by atoms with Gasteiger partial charge in [0.15, 0.2) is 0 Å². The van der Waals surface area contributed by atoms with Crippen molar-refractivity contribution < 1.29 is 18.1 Å². The van der Waals surface area contributed by atoms with E-state index in [4.69, 9.17) is 9.10 Å². The summed E-state index contributed by atoms with van der Waals surface area (Å²) in [5, 5.41) is 10.9. The largest absolute Gasteiger partial charge is 0.497 e. The first-order valence-corrected chi connectivity index (χ1v) is 12.3. The molecule has 8 nitrogen and oxygen atoms in total. The molecule has 0 saturated heterocycles. The molecule has 0 fully saturated rings. The smallest absolute Gasteiger partial charge is 0.269 e. The maximum absolute atomic E-state index is 13.0. The third-order valence-corrected chi connectivity index (χ3v) is 7.93. The SMILES string of the molecule is COc1ccc(S(=NC(C)(C)CC(C)(C)C)NS(=O)(=O)c2ccc([N+](=O)[O-])cc2)cc1. The average Bonchev–Trinajstić information content (AvgIpc) is 2.65. The highest BCUT2D eigenvalue weighted by molar-refractivity contribution is 8.02. The van der Waals surface area contributed by atoms with Crippen molar-refractivity contribution in [1.82, 2.24) is 4.13 Å². The van der Waals surface area contributed by atoms with Crippen LogP contribution in [0.25, 0.3) is 0 Å². The zero-order valence-corrected chi connectivity index (χ0v) is 20.2. The highest BCUT2D eigenvalue weighted by atomic mass is 32.3. The molecule has 0 saturated carbocycles.